The second-order valence-corrected chi connectivity index (χ2v) is 8.77. The van der Waals surface area contributed by atoms with Gasteiger partial charge < -0.3 is 15.1 Å². The zero-order valence-corrected chi connectivity index (χ0v) is 16.9. The van der Waals surface area contributed by atoms with Crippen LogP contribution in [0, 0.1) is 11.3 Å². The first kappa shape index (κ1) is 20.1. The monoisotopic (exact) mass is 388 g/mol. The number of benzene rings is 1. The maximum absolute atomic E-state index is 10.6. The number of aliphatic hydroxyl groups is 1. The number of halogens is 1. The predicted octanol–water partition coefficient (Wildman–Crippen LogP) is 3.93. The van der Waals surface area contributed by atoms with Crippen LogP contribution in [0.5, 0.6) is 5.75 Å². The van der Waals surface area contributed by atoms with Gasteiger partial charge in [-0.2, -0.15) is 0 Å². The average molecular weight is 389 g/mol. The van der Waals surface area contributed by atoms with Crippen molar-refractivity contribution in [1.29, 1.82) is 0 Å². The predicted molar refractivity (Wildman–Crippen MR) is 109 cm³/mol. The van der Waals surface area contributed by atoms with Crippen LogP contribution in [0.1, 0.15) is 31.5 Å². The molecule has 0 saturated carbocycles. The summed E-state index contributed by atoms with van der Waals surface area (Å²) in [5.41, 5.74) is 2.18. The van der Waals surface area contributed by atoms with E-state index in [1.54, 1.807) is 6.07 Å². The normalized spacial score (nSPS) is 20.7. The fourth-order valence-electron chi connectivity index (χ4n) is 4.06. The summed E-state index contributed by atoms with van der Waals surface area (Å²) in [6, 6.07) is 11.3. The molecule has 0 spiro atoms. The van der Waals surface area contributed by atoms with Crippen LogP contribution in [0.15, 0.2) is 42.6 Å². The second-order valence-electron chi connectivity index (χ2n) is 8.36. The summed E-state index contributed by atoms with van der Waals surface area (Å²) < 4.78 is 0. The van der Waals surface area contributed by atoms with Crippen LogP contribution < -0.4 is 0 Å². The molecule has 1 saturated heterocycles. The number of hydrogen-bond acceptors (Lipinski definition) is 4. The summed E-state index contributed by atoms with van der Waals surface area (Å²) in [5, 5.41) is 20.7. The van der Waals surface area contributed by atoms with E-state index in [4.69, 9.17) is 11.6 Å². The van der Waals surface area contributed by atoms with Gasteiger partial charge in [0.05, 0.1) is 12.3 Å². The van der Waals surface area contributed by atoms with Crippen molar-refractivity contribution < 1.29 is 10.2 Å². The Bertz CT molecular complexity index is 748. The Morgan fingerprint density at radius 2 is 2.04 bits per heavy atom. The van der Waals surface area contributed by atoms with Crippen molar-refractivity contribution in [1.82, 2.24) is 9.88 Å². The van der Waals surface area contributed by atoms with Crippen LogP contribution in [-0.2, 0) is 12.8 Å². The quantitative estimate of drug-likeness (QED) is 0.754. The SMILES string of the molecule is CC1(C)CN(CCc2ccc(O)cn2)CC1CC(O)Cc1ccccc1Cl. The number of nitrogens with zero attached hydrogens (tertiary/aromatic N) is 2. The van der Waals surface area contributed by atoms with E-state index < -0.39 is 0 Å². The molecule has 2 aromatic rings. The molecule has 146 valence electrons. The lowest BCUT2D eigenvalue weighted by Crippen LogP contribution is -2.27. The van der Waals surface area contributed by atoms with Gasteiger partial charge in [0.25, 0.3) is 0 Å². The first-order valence-electron chi connectivity index (χ1n) is 9.61. The molecule has 0 aliphatic carbocycles. The summed E-state index contributed by atoms with van der Waals surface area (Å²) in [6.45, 7) is 7.54. The molecule has 0 amide bonds. The molecule has 2 atom stereocenters. The highest BCUT2D eigenvalue weighted by Gasteiger charge is 2.39. The van der Waals surface area contributed by atoms with Crippen molar-refractivity contribution in [2.45, 2.75) is 39.2 Å². The highest BCUT2D eigenvalue weighted by atomic mass is 35.5. The second kappa shape index (κ2) is 8.59. The third-order valence-electron chi connectivity index (χ3n) is 5.68. The molecule has 5 heteroatoms. The van der Waals surface area contributed by atoms with Crippen molar-refractivity contribution in [2.75, 3.05) is 19.6 Å². The van der Waals surface area contributed by atoms with Gasteiger partial charge >= 0.3 is 0 Å². The van der Waals surface area contributed by atoms with Crippen LogP contribution in [0.25, 0.3) is 0 Å². The molecule has 0 radical (unpaired) electrons. The average Bonchev–Trinajstić information content (AvgIpc) is 2.90. The number of likely N-dealkylation sites (tertiary alicyclic amines) is 1. The van der Waals surface area contributed by atoms with E-state index in [1.807, 2.05) is 30.3 Å². The van der Waals surface area contributed by atoms with Gasteiger partial charge in [-0.05, 0) is 47.9 Å². The first-order chi connectivity index (χ1) is 12.8. The Kier molecular flexibility index (Phi) is 6.40. The fourth-order valence-corrected chi connectivity index (χ4v) is 4.27. The van der Waals surface area contributed by atoms with Gasteiger partial charge in [-0.25, -0.2) is 0 Å². The number of aromatic nitrogens is 1. The van der Waals surface area contributed by atoms with Crippen molar-refractivity contribution in [3.8, 4) is 5.75 Å². The Labute approximate surface area is 166 Å². The van der Waals surface area contributed by atoms with E-state index in [0.717, 1.165) is 48.8 Å². The van der Waals surface area contributed by atoms with Gasteiger partial charge in [0.2, 0.25) is 0 Å². The van der Waals surface area contributed by atoms with E-state index in [0.29, 0.717) is 12.3 Å². The van der Waals surface area contributed by atoms with Crippen LogP contribution in [0.4, 0.5) is 0 Å². The van der Waals surface area contributed by atoms with Gasteiger partial charge in [0, 0.05) is 36.8 Å². The van der Waals surface area contributed by atoms with Crippen molar-refractivity contribution in [2.24, 2.45) is 11.3 Å². The van der Waals surface area contributed by atoms with Gasteiger partial charge in [0.1, 0.15) is 5.75 Å². The largest absolute Gasteiger partial charge is 0.506 e. The summed E-state index contributed by atoms with van der Waals surface area (Å²) in [6.07, 6.45) is 3.37. The van der Waals surface area contributed by atoms with Crippen molar-refractivity contribution in [3.63, 3.8) is 0 Å². The highest BCUT2D eigenvalue weighted by Crippen LogP contribution is 2.38. The number of aliphatic hydroxyl groups excluding tert-OH is 1. The number of hydrogen-bond donors (Lipinski definition) is 2. The Morgan fingerprint density at radius 3 is 2.74 bits per heavy atom. The van der Waals surface area contributed by atoms with Gasteiger partial charge in [-0.1, -0.05) is 43.6 Å². The van der Waals surface area contributed by atoms with E-state index in [-0.39, 0.29) is 17.3 Å². The molecular weight excluding hydrogens is 360 g/mol. The fraction of sp³-hybridized carbons (Fsp3) is 0.500. The molecule has 1 aliphatic rings. The molecule has 1 fully saturated rings. The molecular formula is C22H29ClN2O2. The van der Waals surface area contributed by atoms with E-state index in [1.165, 1.54) is 6.20 Å². The minimum absolute atomic E-state index is 0.170. The zero-order chi connectivity index (χ0) is 19.4. The molecule has 2 heterocycles. The molecule has 1 aliphatic heterocycles. The molecule has 3 rings (SSSR count). The van der Waals surface area contributed by atoms with E-state index in [2.05, 4.69) is 23.7 Å². The molecule has 2 N–H and O–H groups in total. The third-order valence-corrected chi connectivity index (χ3v) is 6.05. The molecule has 1 aromatic carbocycles. The molecule has 27 heavy (non-hydrogen) atoms. The van der Waals surface area contributed by atoms with Gasteiger partial charge in [-0.3, -0.25) is 4.98 Å². The minimum Gasteiger partial charge on any atom is -0.506 e. The molecule has 4 nitrogen and oxygen atoms in total. The molecule has 0 bridgehead atoms. The Morgan fingerprint density at radius 1 is 1.26 bits per heavy atom. The summed E-state index contributed by atoms with van der Waals surface area (Å²) >= 11 is 6.23. The maximum atomic E-state index is 10.6. The standard InChI is InChI=1S/C22H29ClN2O2/c1-22(2)15-25(10-9-18-7-8-19(26)13-24-18)14-17(22)12-20(27)11-16-5-3-4-6-21(16)23/h3-8,13,17,20,26-27H,9-12,14-15H2,1-2H3. The summed E-state index contributed by atoms with van der Waals surface area (Å²) in [7, 11) is 0. The van der Waals surface area contributed by atoms with Crippen molar-refractivity contribution in [3.05, 3.63) is 58.9 Å². The van der Waals surface area contributed by atoms with E-state index in [9.17, 15) is 10.2 Å². The smallest absolute Gasteiger partial charge is 0.133 e. The zero-order valence-electron chi connectivity index (χ0n) is 16.1. The molecule has 2 unspecified atom stereocenters. The third kappa shape index (κ3) is 5.44. The number of pyridine rings is 1. The van der Waals surface area contributed by atoms with Crippen LogP contribution in [0.2, 0.25) is 5.02 Å². The Balaban J connectivity index is 1.53. The topological polar surface area (TPSA) is 56.6 Å². The molecule has 1 aromatic heterocycles. The Hall–Kier alpha value is -1.62. The maximum Gasteiger partial charge on any atom is 0.133 e. The van der Waals surface area contributed by atoms with E-state index >= 15 is 0 Å². The minimum atomic E-state index is -0.382. The lowest BCUT2D eigenvalue weighted by Gasteiger charge is -2.27. The highest BCUT2D eigenvalue weighted by molar-refractivity contribution is 6.31. The van der Waals surface area contributed by atoms with Crippen LogP contribution in [-0.4, -0.2) is 45.8 Å². The van der Waals surface area contributed by atoms with Crippen molar-refractivity contribution >= 4 is 11.6 Å². The van der Waals surface area contributed by atoms with Gasteiger partial charge in [0.15, 0.2) is 0 Å². The summed E-state index contributed by atoms with van der Waals surface area (Å²) in [5.74, 6) is 0.649. The van der Waals surface area contributed by atoms with Crippen LogP contribution >= 0.6 is 11.6 Å². The number of aromatic hydroxyl groups is 1. The lowest BCUT2D eigenvalue weighted by atomic mass is 9.78. The van der Waals surface area contributed by atoms with Gasteiger partial charge in [-0.15, -0.1) is 0 Å². The van der Waals surface area contributed by atoms with Crippen LogP contribution in [0.3, 0.4) is 0 Å². The first-order valence-corrected chi connectivity index (χ1v) is 9.99. The number of rotatable bonds is 7. The lowest BCUT2D eigenvalue weighted by molar-refractivity contribution is 0.117. The summed E-state index contributed by atoms with van der Waals surface area (Å²) in [4.78, 5) is 6.73.